The van der Waals surface area contributed by atoms with E-state index < -0.39 is 10.0 Å². The fourth-order valence-electron chi connectivity index (χ4n) is 3.95. The lowest BCUT2D eigenvalue weighted by Gasteiger charge is -2.41. The number of hydrogen-bond acceptors (Lipinski definition) is 4. The van der Waals surface area contributed by atoms with Gasteiger partial charge in [-0.25, -0.2) is 8.42 Å². The molecule has 2 fully saturated rings. The summed E-state index contributed by atoms with van der Waals surface area (Å²) in [5.74, 6) is 0.826. The summed E-state index contributed by atoms with van der Waals surface area (Å²) < 4.78 is 33.3. The van der Waals surface area contributed by atoms with Crippen LogP contribution in [0.2, 0.25) is 0 Å². The highest BCUT2D eigenvalue weighted by molar-refractivity contribution is 7.89. The molecule has 0 aliphatic carbocycles. The highest BCUT2D eigenvalue weighted by atomic mass is 32.2. The maximum absolute atomic E-state index is 13.1. The molecule has 2 saturated heterocycles. The molecule has 5 nitrogen and oxygen atoms in total. The summed E-state index contributed by atoms with van der Waals surface area (Å²) >= 11 is 0. The van der Waals surface area contributed by atoms with Crippen LogP contribution in [-0.2, 0) is 16.4 Å². The molecule has 0 aromatic heterocycles. The standard InChI is InChI=1S/C16H22N2O3S/c1-12-10-17-7-2-3-14(17)11-18(12)22(19,20)15-4-5-16-13(9-15)6-8-21-16/h4-5,9,12,14H,2-3,6-8,10-11H2,1H3. The average Bonchev–Trinajstić information content (AvgIpc) is 3.13. The Balaban J connectivity index is 1.65. The fraction of sp³-hybridized carbons (Fsp3) is 0.625. The lowest BCUT2D eigenvalue weighted by molar-refractivity contribution is 0.117. The summed E-state index contributed by atoms with van der Waals surface area (Å²) in [6.07, 6.45) is 3.09. The Morgan fingerprint density at radius 1 is 1.27 bits per heavy atom. The second kappa shape index (κ2) is 5.22. The number of rotatable bonds is 2. The third-order valence-corrected chi connectivity index (χ3v) is 7.12. The SMILES string of the molecule is CC1CN2CCCC2CN1S(=O)(=O)c1ccc2c(c1)CCO2. The summed E-state index contributed by atoms with van der Waals surface area (Å²) in [4.78, 5) is 2.85. The minimum Gasteiger partial charge on any atom is -0.493 e. The van der Waals surface area contributed by atoms with Gasteiger partial charge in [0.2, 0.25) is 10.0 Å². The third kappa shape index (κ3) is 2.25. The molecule has 0 spiro atoms. The van der Waals surface area contributed by atoms with E-state index >= 15 is 0 Å². The largest absolute Gasteiger partial charge is 0.493 e. The van der Waals surface area contributed by atoms with Gasteiger partial charge in [-0.05, 0) is 50.1 Å². The van der Waals surface area contributed by atoms with Gasteiger partial charge in [0, 0.05) is 31.6 Å². The number of nitrogens with zero attached hydrogens (tertiary/aromatic N) is 2. The first-order chi connectivity index (χ1) is 10.6. The van der Waals surface area contributed by atoms with Crippen molar-refractivity contribution >= 4 is 10.0 Å². The highest BCUT2D eigenvalue weighted by Crippen LogP contribution is 2.32. The second-order valence-electron chi connectivity index (χ2n) is 6.58. The van der Waals surface area contributed by atoms with E-state index in [-0.39, 0.29) is 6.04 Å². The molecule has 1 aromatic carbocycles. The zero-order chi connectivity index (χ0) is 15.3. The number of benzene rings is 1. The van der Waals surface area contributed by atoms with Crippen molar-refractivity contribution in [2.45, 2.75) is 43.2 Å². The van der Waals surface area contributed by atoms with E-state index in [0.29, 0.717) is 24.1 Å². The normalized spacial score (nSPS) is 29.1. The quantitative estimate of drug-likeness (QED) is 0.827. The Bertz CT molecular complexity index is 689. The molecule has 3 heterocycles. The zero-order valence-electron chi connectivity index (χ0n) is 12.9. The molecule has 0 saturated carbocycles. The molecular formula is C16H22N2O3S. The van der Waals surface area contributed by atoms with Gasteiger partial charge < -0.3 is 4.74 Å². The van der Waals surface area contributed by atoms with Gasteiger partial charge in [0.05, 0.1) is 11.5 Å². The van der Waals surface area contributed by atoms with Crippen molar-refractivity contribution in [1.82, 2.24) is 9.21 Å². The maximum Gasteiger partial charge on any atom is 0.243 e. The number of ether oxygens (including phenoxy) is 1. The summed E-state index contributed by atoms with van der Waals surface area (Å²) in [6, 6.07) is 5.71. The van der Waals surface area contributed by atoms with Crippen LogP contribution in [0.5, 0.6) is 5.75 Å². The van der Waals surface area contributed by atoms with Gasteiger partial charge in [0.25, 0.3) is 0 Å². The summed E-state index contributed by atoms with van der Waals surface area (Å²) in [5.41, 5.74) is 1.01. The monoisotopic (exact) mass is 322 g/mol. The number of hydrogen-bond donors (Lipinski definition) is 0. The van der Waals surface area contributed by atoms with Gasteiger partial charge in [0.1, 0.15) is 5.75 Å². The molecule has 0 radical (unpaired) electrons. The van der Waals surface area contributed by atoms with Crippen molar-refractivity contribution in [3.63, 3.8) is 0 Å². The smallest absolute Gasteiger partial charge is 0.243 e. The van der Waals surface area contributed by atoms with Crippen molar-refractivity contribution in [1.29, 1.82) is 0 Å². The number of sulfonamides is 1. The first-order valence-electron chi connectivity index (χ1n) is 8.07. The summed E-state index contributed by atoms with van der Waals surface area (Å²) in [6.45, 7) is 5.24. The minimum absolute atomic E-state index is 0.0313. The number of piperazine rings is 1. The van der Waals surface area contributed by atoms with Crippen molar-refractivity contribution < 1.29 is 13.2 Å². The Morgan fingerprint density at radius 3 is 3.00 bits per heavy atom. The molecule has 120 valence electrons. The molecule has 2 atom stereocenters. The molecule has 22 heavy (non-hydrogen) atoms. The topological polar surface area (TPSA) is 49.9 Å². The van der Waals surface area contributed by atoms with E-state index in [4.69, 9.17) is 4.74 Å². The predicted molar refractivity (Wildman–Crippen MR) is 83.6 cm³/mol. The van der Waals surface area contributed by atoms with Crippen molar-refractivity contribution in [2.75, 3.05) is 26.2 Å². The second-order valence-corrected chi connectivity index (χ2v) is 8.47. The Labute approximate surface area is 131 Å². The van der Waals surface area contributed by atoms with E-state index in [0.717, 1.165) is 37.2 Å². The van der Waals surface area contributed by atoms with Crippen LogP contribution in [0.25, 0.3) is 0 Å². The first-order valence-corrected chi connectivity index (χ1v) is 9.51. The first kappa shape index (κ1) is 14.5. The van der Waals surface area contributed by atoms with E-state index in [2.05, 4.69) is 4.90 Å². The zero-order valence-corrected chi connectivity index (χ0v) is 13.7. The Kier molecular flexibility index (Phi) is 3.43. The Hall–Kier alpha value is -1.11. The van der Waals surface area contributed by atoms with Crippen molar-refractivity contribution in [2.24, 2.45) is 0 Å². The van der Waals surface area contributed by atoms with Crippen LogP contribution in [-0.4, -0.2) is 55.9 Å². The van der Waals surface area contributed by atoms with E-state index in [1.54, 1.807) is 22.5 Å². The molecule has 6 heteroatoms. The third-order valence-electron chi connectivity index (χ3n) is 5.15. The molecule has 3 aliphatic heterocycles. The maximum atomic E-state index is 13.1. The van der Waals surface area contributed by atoms with Gasteiger partial charge in [-0.3, -0.25) is 4.90 Å². The van der Waals surface area contributed by atoms with Crippen LogP contribution in [0, 0.1) is 0 Å². The molecule has 0 amide bonds. The molecular weight excluding hydrogens is 300 g/mol. The van der Waals surface area contributed by atoms with Crippen LogP contribution >= 0.6 is 0 Å². The van der Waals surface area contributed by atoms with Crippen LogP contribution in [0.1, 0.15) is 25.3 Å². The fourth-order valence-corrected chi connectivity index (χ4v) is 5.66. The summed E-state index contributed by atoms with van der Waals surface area (Å²) in [5, 5.41) is 0. The Morgan fingerprint density at radius 2 is 2.14 bits per heavy atom. The van der Waals surface area contributed by atoms with Gasteiger partial charge >= 0.3 is 0 Å². The molecule has 4 rings (SSSR count). The lowest BCUT2D eigenvalue weighted by atomic mass is 10.1. The molecule has 2 unspecified atom stereocenters. The molecule has 3 aliphatic rings. The van der Waals surface area contributed by atoms with Gasteiger partial charge in [-0.1, -0.05) is 0 Å². The van der Waals surface area contributed by atoms with Crippen LogP contribution in [0.3, 0.4) is 0 Å². The van der Waals surface area contributed by atoms with E-state index in [9.17, 15) is 8.42 Å². The highest BCUT2D eigenvalue weighted by Gasteiger charge is 2.40. The molecule has 0 bridgehead atoms. The average molecular weight is 322 g/mol. The van der Waals surface area contributed by atoms with Crippen molar-refractivity contribution in [3.05, 3.63) is 23.8 Å². The predicted octanol–water partition coefficient (Wildman–Crippen LogP) is 1.48. The molecule has 0 N–H and O–H groups in total. The van der Waals surface area contributed by atoms with Crippen molar-refractivity contribution in [3.8, 4) is 5.75 Å². The van der Waals surface area contributed by atoms with Gasteiger partial charge in [-0.15, -0.1) is 0 Å². The van der Waals surface area contributed by atoms with Crippen LogP contribution < -0.4 is 4.74 Å². The van der Waals surface area contributed by atoms with Gasteiger partial charge in [-0.2, -0.15) is 4.31 Å². The van der Waals surface area contributed by atoms with Crippen LogP contribution in [0.4, 0.5) is 0 Å². The van der Waals surface area contributed by atoms with E-state index in [1.807, 2.05) is 6.92 Å². The minimum atomic E-state index is -3.42. The number of fused-ring (bicyclic) bond motifs is 2. The lowest BCUT2D eigenvalue weighted by Crippen LogP contribution is -2.56. The van der Waals surface area contributed by atoms with Gasteiger partial charge in [0.15, 0.2) is 0 Å². The van der Waals surface area contributed by atoms with E-state index in [1.165, 1.54) is 6.42 Å². The summed E-state index contributed by atoms with van der Waals surface area (Å²) in [7, 11) is -3.42. The van der Waals surface area contributed by atoms with Crippen LogP contribution in [0.15, 0.2) is 23.1 Å². The molecule has 1 aromatic rings.